The highest BCUT2D eigenvalue weighted by atomic mass is 32.2. The van der Waals surface area contributed by atoms with Crippen LogP contribution >= 0.6 is 0 Å². The quantitative estimate of drug-likeness (QED) is 0.891. The number of carboxylic acids is 1. The molecule has 1 N–H and O–H groups in total. The number of carboxylic acid groups (broad SMARTS) is 1. The second-order valence-corrected chi connectivity index (χ2v) is 6.39. The monoisotopic (exact) mass is 266 g/mol. The second-order valence-electron chi connectivity index (χ2n) is 4.82. The fraction of sp³-hybridized carbons (Fsp3) is 0.500. The number of hydrogen-bond acceptors (Lipinski definition) is 2. The highest BCUT2D eigenvalue weighted by Crippen LogP contribution is 2.28. The molecule has 0 amide bonds. The third-order valence-corrected chi connectivity index (χ3v) is 4.92. The van der Waals surface area contributed by atoms with Gasteiger partial charge in [0.05, 0.1) is 16.4 Å². The van der Waals surface area contributed by atoms with E-state index >= 15 is 0 Å². The first-order chi connectivity index (χ1) is 8.66. The Morgan fingerprint density at radius 3 is 2.72 bits per heavy atom. The van der Waals surface area contributed by atoms with Crippen LogP contribution in [0.15, 0.2) is 29.2 Å². The molecule has 0 heterocycles. The Balaban J connectivity index is 1.95. The number of hydrogen-bond donors (Lipinski definition) is 1. The molecule has 1 aliphatic rings. The lowest BCUT2D eigenvalue weighted by Gasteiger charge is -2.08. The topological polar surface area (TPSA) is 54.4 Å². The van der Waals surface area contributed by atoms with E-state index in [1.807, 2.05) is 0 Å². The standard InChI is InChI=1S/C14H18O3S/c15-14(16)12-6-3-7-13(10-12)18(17)9-8-11-4-1-2-5-11/h3,6-7,10-11H,1-2,4-5,8-9H2,(H,15,16). The van der Waals surface area contributed by atoms with Gasteiger partial charge < -0.3 is 5.11 Å². The van der Waals surface area contributed by atoms with E-state index in [-0.39, 0.29) is 5.56 Å². The summed E-state index contributed by atoms with van der Waals surface area (Å²) in [6.45, 7) is 0. The number of rotatable bonds is 5. The fourth-order valence-corrected chi connectivity index (χ4v) is 3.73. The molecule has 0 aliphatic heterocycles. The molecule has 0 bridgehead atoms. The van der Waals surface area contributed by atoms with Gasteiger partial charge in [-0.2, -0.15) is 0 Å². The number of benzene rings is 1. The minimum atomic E-state index is -1.07. The molecule has 4 heteroatoms. The predicted octanol–water partition coefficient (Wildman–Crippen LogP) is 3.07. The van der Waals surface area contributed by atoms with Gasteiger partial charge in [-0.25, -0.2) is 4.79 Å². The molecule has 0 aromatic heterocycles. The second kappa shape index (κ2) is 6.14. The van der Waals surface area contributed by atoms with Gasteiger partial charge in [-0.15, -0.1) is 0 Å². The van der Waals surface area contributed by atoms with E-state index in [1.54, 1.807) is 12.1 Å². The molecule has 18 heavy (non-hydrogen) atoms. The normalized spacial score (nSPS) is 17.8. The van der Waals surface area contributed by atoms with Gasteiger partial charge in [-0.05, 0) is 30.5 Å². The van der Waals surface area contributed by atoms with Crippen molar-refractivity contribution in [1.29, 1.82) is 0 Å². The Morgan fingerprint density at radius 1 is 1.33 bits per heavy atom. The molecule has 1 aliphatic carbocycles. The van der Waals surface area contributed by atoms with E-state index in [4.69, 9.17) is 5.11 Å². The minimum absolute atomic E-state index is 0.210. The zero-order valence-corrected chi connectivity index (χ0v) is 11.1. The van der Waals surface area contributed by atoms with Gasteiger partial charge in [0.25, 0.3) is 0 Å². The van der Waals surface area contributed by atoms with Crippen molar-refractivity contribution in [3.63, 3.8) is 0 Å². The average molecular weight is 266 g/mol. The third-order valence-electron chi connectivity index (χ3n) is 3.53. The van der Waals surface area contributed by atoms with Gasteiger partial charge in [0, 0.05) is 10.6 Å². The summed E-state index contributed by atoms with van der Waals surface area (Å²) >= 11 is 0. The van der Waals surface area contributed by atoms with Crippen molar-refractivity contribution in [3.8, 4) is 0 Å². The van der Waals surface area contributed by atoms with Gasteiger partial charge in [0.2, 0.25) is 0 Å². The molecular weight excluding hydrogens is 248 g/mol. The maximum atomic E-state index is 12.1. The lowest BCUT2D eigenvalue weighted by atomic mass is 10.1. The molecule has 1 aromatic rings. The lowest BCUT2D eigenvalue weighted by Crippen LogP contribution is -2.05. The van der Waals surface area contributed by atoms with E-state index in [9.17, 15) is 9.00 Å². The summed E-state index contributed by atoms with van der Waals surface area (Å²) in [6, 6.07) is 6.45. The highest BCUT2D eigenvalue weighted by Gasteiger charge is 2.16. The van der Waals surface area contributed by atoms with E-state index in [0.29, 0.717) is 10.6 Å². The van der Waals surface area contributed by atoms with Gasteiger partial charge >= 0.3 is 5.97 Å². The zero-order valence-electron chi connectivity index (χ0n) is 10.3. The van der Waals surface area contributed by atoms with Crippen molar-refractivity contribution in [2.45, 2.75) is 37.0 Å². The molecule has 1 aromatic carbocycles. The summed E-state index contributed by atoms with van der Waals surface area (Å²) in [6.07, 6.45) is 6.10. The maximum Gasteiger partial charge on any atom is 0.335 e. The van der Waals surface area contributed by atoms with Gasteiger partial charge in [-0.1, -0.05) is 31.7 Å². The Labute approximate surface area is 110 Å². The van der Waals surface area contributed by atoms with Crippen molar-refractivity contribution in [1.82, 2.24) is 0 Å². The third kappa shape index (κ3) is 3.42. The van der Waals surface area contributed by atoms with Gasteiger partial charge in [-0.3, -0.25) is 4.21 Å². The van der Waals surface area contributed by atoms with E-state index in [2.05, 4.69) is 0 Å². The maximum absolute atomic E-state index is 12.1. The van der Waals surface area contributed by atoms with Crippen molar-refractivity contribution >= 4 is 16.8 Å². The summed E-state index contributed by atoms with van der Waals surface area (Å²) in [5.74, 6) is 0.398. The van der Waals surface area contributed by atoms with Gasteiger partial charge in [0.15, 0.2) is 0 Å². The summed E-state index contributed by atoms with van der Waals surface area (Å²) in [5, 5.41) is 8.89. The van der Waals surface area contributed by atoms with Crippen LogP contribution in [0.5, 0.6) is 0 Å². The molecule has 0 saturated heterocycles. The number of aromatic carboxylic acids is 1. The Kier molecular flexibility index (Phi) is 4.53. The lowest BCUT2D eigenvalue weighted by molar-refractivity contribution is 0.0696. The smallest absolute Gasteiger partial charge is 0.335 e. The Bertz CT molecular complexity index is 450. The van der Waals surface area contributed by atoms with Crippen LogP contribution in [0, 0.1) is 5.92 Å². The fourth-order valence-electron chi connectivity index (χ4n) is 2.46. The van der Waals surface area contributed by atoms with Gasteiger partial charge in [0.1, 0.15) is 0 Å². The Morgan fingerprint density at radius 2 is 2.06 bits per heavy atom. The Hall–Kier alpha value is -1.16. The van der Waals surface area contributed by atoms with Crippen LogP contribution in [0.4, 0.5) is 0 Å². The molecule has 0 radical (unpaired) electrons. The van der Waals surface area contributed by atoms with E-state index in [0.717, 1.165) is 12.3 Å². The molecule has 3 nitrogen and oxygen atoms in total. The van der Waals surface area contributed by atoms with E-state index < -0.39 is 16.8 Å². The molecule has 2 rings (SSSR count). The molecule has 1 unspecified atom stereocenters. The minimum Gasteiger partial charge on any atom is -0.478 e. The SMILES string of the molecule is O=C(O)c1cccc(S(=O)CCC2CCCC2)c1. The molecule has 1 atom stereocenters. The van der Waals surface area contributed by atoms with Crippen LogP contribution in [0.25, 0.3) is 0 Å². The van der Waals surface area contributed by atoms with E-state index in [1.165, 1.54) is 37.8 Å². The summed E-state index contributed by atoms with van der Waals surface area (Å²) in [4.78, 5) is 11.5. The summed E-state index contributed by atoms with van der Waals surface area (Å²) in [5.41, 5.74) is 0.210. The first-order valence-corrected chi connectivity index (χ1v) is 7.70. The van der Waals surface area contributed by atoms with Crippen LogP contribution < -0.4 is 0 Å². The predicted molar refractivity (Wildman–Crippen MR) is 71.3 cm³/mol. The van der Waals surface area contributed by atoms with Crippen molar-refractivity contribution in [2.75, 3.05) is 5.75 Å². The largest absolute Gasteiger partial charge is 0.478 e. The zero-order chi connectivity index (χ0) is 13.0. The van der Waals surface area contributed by atoms with Crippen LogP contribution in [-0.2, 0) is 10.8 Å². The first kappa shape index (κ1) is 13.3. The highest BCUT2D eigenvalue weighted by molar-refractivity contribution is 7.85. The molecule has 1 saturated carbocycles. The van der Waals surface area contributed by atoms with Crippen molar-refractivity contribution in [3.05, 3.63) is 29.8 Å². The van der Waals surface area contributed by atoms with Crippen molar-refractivity contribution < 1.29 is 14.1 Å². The first-order valence-electron chi connectivity index (χ1n) is 6.38. The average Bonchev–Trinajstić information content (AvgIpc) is 2.89. The molecule has 98 valence electrons. The van der Waals surface area contributed by atoms with Crippen LogP contribution in [0.1, 0.15) is 42.5 Å². The van der Waals surface area contributed by atoms with Crippen LogP contribution in [0.2, 0.25) is 0 Å². The van der Waals surface area contributed by atoms with Crippen LogP contribution in [-0.4, -0.2) is 21.0 Å². The van der Waals surface area contributed by atoms with Crippen LogP contribution in [0.3, 0.4) is 0 Å². The number of carbonyl (C=O) groups is 1. The molecule has 0 spiro atoms. The summed E-state index contributed by atoms with van der Waals surface area (Å²) in [7, 11) is -1.07. The molecule has 1 fully saturated rings. The summed E-state index contributed by atoms with van der Waals surface area (Å²) < 4.78 is 12.1. The van der Waals surface area contributed by atoms with Crippen molar-refractivity contribution in [2.24, 2.45) is 5.92 Å². The molecular formula is C14H18O3S.